The molecule has 1 saturated heterocycles. The van der Waals surface area contributed by atoms with Gasteiger partial charge >= 0.3 is 0 Å². The Balaban J connectivity index is 0.00000186. The number of aliphatic hydroxyl groups is 1. The van der Waals surface area contributed by atoms with Gasteiger partial charge < -0.3 is 19.7 Å². The van der Waals surface area contributed by atoms with E-state index in [1.807, 2.05) is 78.9 Å². The number of aromatic nitrogens is 3. The molecule has 37 heavy (non-hydrogen) atoms. The smallest absolute Gasteiger partial charge is 0.248 e. The molecule has 0 bridgehead atoms. The molecule has 4 rings (SSSR count). The third kappa shape index (κ3) is 6.28. The van der Waals surface area contributed by atoms with Crippen LogP contribution in [0.5, 0.6) is 0 Å². The Morgan fingerprint density at radius 1 is 1.14 bits per heavy atom. The van der Waals surface area contributed by atoms with Gasteiger partial charge in [0.25, 0.3) is 0 Å². The molecule has 3 heterocycles. The molecule has 0 saturated carbocycles. The highest BCUT2D eigenvalue weighted by Crippen LogP contribution is 2.28. The molecule has 0 aliphatic carbocycles. The van der Waals surface area contributed by atoms with Crippen molar-refractivity contribution >= 4 is 11.8 Å². The number of nitrogens with zero attached hydrogens (tertiary/aromatic N) is 4. The summed E-state index contributed by atoms with van der Waals surface area (Å²) in [6.45, 7) is 13.7. The zero-order valence-corrected chi connectivity index (χ0v) is 22.8. The Morgan fingerprint density at radius 2 is 1.81 bits per heavy atom. The van der Waals surface area contributed by atoms with Gasteiger partial charge in [-0.1, -0.05) is 52.0 Å². The van der Waals surface area contributed by atoms with Gasteiger partial charge in [-0.2, -0.15) is 5.10 Å². The molecule has 2 amide bonds. The summed E-state index contributed by atoms with van der Waals surface area (Å²) in [6.07, 6.45) is 4.42. The van der Waals surface area contributed by atoms with Crippen molar-refractivity contribution < 1.29 is 19.1 Å². The van der Waals surface area contributed by atoms with Crippen LogP contribution in [-0.4, -0.2) is 55.3 Å². The molecule has 1 aliphatic rings. The van der Waals surface area contributed by atoms with Crippen LogP contribution in [0.15, 0.2) is 47.5 Å². The lowest BCUT2D eigenvalue weighted by atomic mass is 10.0. The number of aryl methyl sites for hydroxylation is 2. The van der Waals surface area contributed by atoms with Crippen molar-refractivity contribution in [3.63, 3.8) is 0 Å². The SMILES string of the molecule is CC.Cc1cnn(C(C(=O)N2CC(O)CC2C(=O)NC(C)c2ccc(-c3ocnc3C)cc2)C(C)C)c1. The average Bonchev–Trinajstić information content (AvgIpc) is 3.60. The third-order valence-electron chi connectivity index (χ3n) is 6.54. The lowest BCUT2D eigenvalue weighted by Gasteiger charge is -2.30. The maximum atomic E-state index is 13.6. The van der Waals surface area contributed by atoms with E-state index in [1.54, 1.807) is 10.9 Å². The predicted molar refractivity (Wildman–Crippen MR) is 142 cm³/mol. The van der Waals surface area contributed by atoms with Gasteiger partial charge in [0.15, 0.2) is 12.2 Å². The number of carbonyl (C=O) groups excluding carboxylic acids is 2. The van der Waals surface area contributed by atoms with Gasteiger partial charge in [-0.3, -0.25) is 14.3 Å². The fourth-order valence-electron chi connectivity index (χ4n) is 4.66. The number of likely N-dealkylation sites (tertiary alicyclic amines) is 1. The number of β-amino-alcohol motifs (C(OH)–C–C–N with tert-alkyl or cyclic N) is 1. The van der Waals surface area contributed by atoms with E-state index in [4.69, 9.17) is 4.42 Å². The van der Waals surface area contributed by atoms with Crippen LogP contribution >= 0.6 is 0 Å². The molecule has 1 aromatic carbocycles. The predicted octanol–water partition coefficient (Wildman–Crippen LogP) is 4.22. The lowest BCUT2D eigenvalue weighted by Crippen LogP contribution is -2.49. The zero-order valence-electron chi connectivity index (χ0n) is 22.8. The summed E-state index contributed by atoms with van der Waals surface area (Å²) in [4.78, 5) is 32.4. The van der Waals surface area contributed by atoms with Crippen molar-refractivity contribution in [1.82, 2.24) is 25.0 Å². The van der Waals surface area contributed by atoms with Crippen LogP contribution in [0.3, 0.4) is 0 Å². The Labute approximate surface area is 218 Å². The monoisotopic (exact) mass is 509 g/mol. The van der Waals surface area contributed by atoms with E-state index in [2.05, 4.69) is 15.4 Å². The molecule has 200 valence electrons. The Hall–Kier alpha value is -3.46. The van der Waals surface area contributed by atoms with Crippen LogP contribution in [-0.2, 0) is 9.59 Å². The highest BCUT2D eigenvalue weighted by Gasteiger charge is 2.42. The normalized spacial score (nSPS) is 18.8. The summed E-state index contributed by atoms with van der Waals surface area (Å²) >= 11 is 0. The molecule has 3 aromatic rings. The Bertz CT molecular complexity index is 1180. The van der Waals surface area contributed by atoms with Crippen LogP contribution in [0.2, 0.25) is 0 Å². The highest BCUT2D eigenvalue weighted by molar-refractivity contribution is 5.90. The molecule has 9 heteroatoms. The van der Waals surface area contributed by atoms with Crippen LogP contribution in [0, 0.1) is 19.8 Å². The lowest BCUT2D eigenvalue weighted by molar-refractivity contribution is -0.142. The molecule has 1 aliphatic heterocycles. The quantitative estimate of drug-likeness (QED) is 0.493. The number of amides is 2. The number of oxazole rings is 1. The summed E-state index contributed by atoms with van der Waals surface area (Å²) in [5.74, 6) is 0.194. The minimum absolute atomic E-state index is 0.0336. The van der Waals surface area contributed by atoms with E-state index in [-0.39, 0.29) is 36.7 Å². The highest BCUT2D eigenvalue weighted by atomic mass is 16.3. The van der Waals surface area contributed by atoms with Crippen molar-refractivity contribution in [2.75, 3.05) is 6.54 Å². The van der Waals surface area contributed by atoms with Gasteiger partial charge in [0.2, 0.25) is 11.8 Å². The fourth-order valence-corrected chi connectivity index (χ4v) is 4.66. The van der Waals surface area contributed by atoms with E-state index in [9.17, 15) is 14.7 Å². The molecule has 4 unspecified atom stereocenters. The summed E-state index contributed by atoms with van der Waals surface area (Å²) < 4.78 is 7.10. The average molecular weight is 510 g/mol. The summed E-state index contributed by atoms with van der Waals surface area (Å²) in [5, 5.41) is 17.7. The molecule has 4 atom stereocenters. The first-order valence-corrected chi connectivity index (χ1v) is 13.0. The van der Waals surface area contributed by atoms with Gasteiger partial charge in [0, 0.05) is 24.7 Å². The maximum Gasteiger partial charge on any atom is 0.248 e. The molecular formula is C28H39N5O4. The van der Waals surface area contributed by atoms with Gasteiger partial charge in [0.05, 0.1) is 24.0 Å². The molecule has 9 nitrogen and oxygen atoms in total. The molecule has 2 aromatic heterocycles. The topological polar surface area (TPSA) is 113 Å². The van der Waals surface area contributed by atoms with Gasteiger partial charge in [-0.25, -0.2) is 4.98 Å². The zero-order chi connectivity index (χ0) is 27.3. The van der Waals surface area contributed by atoms with Crippen LogP contribution in [0.4, 0.5) is 0 Å². The number of benzene rings is 1. The van der Waals surface area contributed by atoms with E-state index >= 15 is 0 Å². The number of rotatable bonds is 7. The number of hydrogen-bond acceptors (Lipinski definition) is 6. The number of aliphatic hydroxyl groups excluding tert-OH is 1. The largest absolute Gasteiger partial charge is 0.443 e. The number of nitrogens with one attached hydrogen (secondary N) is 1. The second kappa shape index (κ2) is 12.2. The molecule has 0 radical (unpaired) electrons. The molecule has 1 fully saturated rings. The van der Waals surface area contributed by atoms with Crippen molar-refractivity contribution in [2.45, 2.75) is 79.1 Å². The Morgan fingerprint density at radius 3 is 2.35 bits per heavy atom. The van der Waals surface area contributed by atoms with Gasteiger partial charge in [-0.05, 0) is 37.8 Å². The molecule has 0 spiro atoms. The van der Waals surface area contributed by atoms with Gasteiger partial charge in [-0.15, -0.1) is 0 Å². The maximum absolute atomic E-state index is 13.6. The first-order valence-electron chi connectivity index (χ1n) is 13.0. The molecular weight excluding hydrogens is 470 g/mol. The van der Waals surface area contributed by atoms with Crippen LogP contribution < -0.4 is 5.32 Å². The molecule has 2 N–H and O–H groups in total. The number of carbonyl (C=O) groups is 2. The number of hydrogen-bond donors (Lipinski definition) is 2. The minimum atomic E-state index is -0.749. The first kappa shape index (κ1) is 28.1. The Kier molecular flexibility index (Phi) is 9.26. The standard InChI is InChI=1S/C26H33N5O4.C2H6/c1-15(2)23(31-12-16(3)11-28-31)26(34)30-13-21(32)10-22(30)25(33)29-17(4)19-6-8-20(9-7-19)24-18(5)27-14-35-24;1-2/h6-9,11-12,14-15,17,21-23,32H,10,13H2,1-5H3,(H,29,33);1-2H3. The van der Waals surface area contributed by atoms with E-state index in [0.29, 0.717) is 0 Å². The van der Waals surface area contributed by atoms with Crippen molar-refractivity contribution in [3.8, 4) is 11.3 Å². The van der Waals surface area contributed by atoms with E-state index < -0.39 is 18.2 Å². The van der Waals surface area contributed by atoms with Crippen LogP contribution in [0.25, 0.3) is 11.3 Å². The van der Waals surface area contributed by atoms with Crippen molar-refractivity contribution in [3.05, 3.63) is 59.9 Å². The van der Waals surface area contributed by atoms with Crippen LogP contribution in [0.1, 0.15) is 69.9 Å². The van der Waals surface area contributed by atoms with Gasteiger partial charge in [0.1, 0.15) is 12.1 Å². The fraction of sp³-hybridized carbons (Fsp3) is 0.500. The second-order valence-corrected chi connectivity index (χ2v) is 9.70. The summed E-state index contributed by atoms with van der Waals surface area (Å²) in [5.41, 5.74) is 3.60. The second-order valence-electron chi connectivity index (χ2n) is 9.70. The first-order chi connectivity index (χ1) is 17.7. The van der Waals surface area contributed by atoms with Crippen molar-refractivity contribution in [2.24, 2.45) is 5.92 Å². The van der Waals surface area contributed by atoms with Crippen molar-refractivity contribution in [1.29, 1.82) is 0 Å². The minimum Gasteiger partial charge on any atom is -0.443 e. The summed E-state index contributed by atoms with van der Waals surface area (Å²) in [7, 11) is 0. The third-order valence-corrected chi connectivity index (χ3v) is 6.54. The summed E-state index contributed by atoms with van der Waals surface area (Å²) in [6, 6.07) is 6.16. The van der Waals surface area contributed by atoms with E-state index in [1.165, 1.54) is 11.3 Å². The van der Waals surface area contributed by atoms with E-state index in [0.717, 1.165) is 28.1 Å².